The first-order valence-electron chi connectivity index (χ1n) is 8.04. The number of carbonyl (C=O) groups is 2. The molecular formula is C19H20FNO5. The number of rotatable bonds is 7. The summed E-state index contributed by atoms with van der Waals surface area (Å²) in [6.07, 6.45) is -1.50. The Hall–Kier alpha value is -2.93. The Kier molecular flexibility index (Phi) is 6.68. The summed E-state index contributed by atoms with van der Waals surface area (Å²) in [5, 5.41) is 21.4. The van der Waals surface area contributed by atoms with Crippen molar-refractivity contribution in [3.05, 3.63) is 71.0 Å². The second kappa shape index (κ2) is 8.96. The largest absolute Gasteiger partial charge is 0.478 e. The van der Waals surface area contributed by atoms with E-state index in [4.69, 9.17) is 9.84 Å². The van der Waals surface area contributed by atoms with E-state index in [0.29, 0.717) is 5.56 Å². The number of ether oxygens (including phenoxy) is 1. The SMILES string of the molecule is CC(O)C(Cc1ccc(F)c(C(=O)O)c1)NC(=O)OCc1ccccc1. The number of halogens is 1. The van der Waals surface area contributed by atoms with Crippen molar-refractivity contribution in [2.24, 2.45) is 0 Å². The highest BCUT2D eigenvalue weighted by atomic mass is 19.1. The number of nitrogens with one attached hydrogen (secondary N) is 1. The van der Waals surface area contributed by atoms with E-state index in [9.17, 15) is 19.1 Å². The maximum absolute atomic E-state index is 13.5. The number of benzene rings is 2. The Morgan fingerprint density at radius 1 is 1.15 bits per heavy atom. The molecule has 2 aromatic rings. The highest BCUT2D eigenvalue weighted by Crippen LogP contribution is 2.14. The van der Waals surface area contributed by atoms with Crippen LogP contribution in [-0.4, -0.2) is 34.4 Å². The van der Waals surface area contributed by atoms with Crippen LogP contribution in [0.4, 0.5) is 9.18 Å². The fraction of sp³-hybridized carbons (Fsp3) is 0.263. The number of aromatic carboxylic acids is 1. The molecule has 0 bridgehead atoms. The molecule has 0 saturated heterocycles. The summed E-state index contributed by atoms with van der Waals surface area (Å²) < 4.78 is 18.6. The molecular weight excluding hydrogens is 341 g/mol. The number of hydrogen-bond acceptors (Lipinski definition) is 4. The van der Waals surface area contributed by atoms with Gasteiger partial charge in [0.05, 0.1) is 17.7 Å². The zero-order valence-electron chi connectivity index (χ0n) is 14.2. The highest BCUT2D eigenvalue weighted by Gasteiger charge is 2.20. The monoisotopic (exact) mass is 361 g/mol. The van der Waals surface area contributed by atoms with E-state index in [-0.39, 0.29) is 13.0 Å². The van der Waals surface area contributed by atoms with Crippen LogP contribution in [0.15, 0.2) is 48.5 Å². The third kappa shape index (κ3) is 5.56. The number of alkyl carbamates (subject to hydrolysis) is 1. The van der Waals surface area contributed by atoms with Crippen LogP contribution in [0.1, 0.15) is 28.4 Å². The van der Waals surface area contributed by atoms with Crippen LogP contribution in [0.3, 0.4) is 0 Å². The summed E-state index contributed by atoms with van der Waals surface area (Å²) in [5.74, 6) is -2.22. The summed E-state index contributed by atoms with van der Waals surface area (Å²) in [6, 6.07) is 12.0. The van der Waals surface area contributed by atoms with Gasteiger partial charge in [-0.05, 0) is 36.6 Å². The number of amides is 1. The Labute approximate surface area is 150 Å². The van der Waals surface area contributed by atoms with Crippen LogP contribution >= 0.6 is 0 Å². The van der Waals surface area contributed by atoms with Gasteiger partial charge in [-0.15, -0.1) is 0 Å². The van der Waals surface area contributed by atoms with Gasteiger partial charge in [-0.1, -0.05) is 36.4 Å². The van der Waals surface area contributed by atoms with Gasteiger partial charge in [0.1, 0.15) is 12.4 Å². The first kappa shape index (κ1) is 19.4. The Morgan fingerprint density at radius 3 is 2.46 bits per heavy atom. The second-order valence-corrected chi connectivity index (χ2v) is 5.88. The third-order valence-electron chi connectivity index (χ3n) is 3.82. The molecule has 0 aliphatic carbocycles. The lowest BCUT2D eigenvalue weighted by Gasteiger charge is -2.21. The van der Waals surface area contributed by atoms with Crippen LogP contribution in [0.5, 0.6) is 0 Å². The minimum absolute atomic E-state index is 0.0823. The van der Waals surface area contributed by atoms with Gasteiger partial charge in [0.2, 0.25) is 0 Å². The van der Waals surface area contributed by atoms with Crippen molar-refractivity contribution >= 4 is 12.1 Å². The van der Waals surface area contributed by atoms with Gasteiger partial charge in [-0.25, -0.2) is 14.0 Å². The molecule has 0 spiro atoms. The summed E-state index contributed by atoms with van der Waals surface area (Å²) >= 11 is 0. The average molecular weight is 361 g/mol. The van der Waals surface area contributed by atoms with Crippen LogP contribution in [0.2, 0.25) is 0 Å². The van der Waals surface area contributed by atoms with Gasteiger partial charge in [0.25, 0.3) is 0 Å². The van der Waals surface area contributed by atoms with Gasteiger partial charge in [-0.2, -0.15) is 0 Å². The molecule has 0 aliphatic heterocycles. The number of carboxylic acid groups (broad SMARTS) is 1. The third-order valence-corrected chi connectivity index (χ3v) is 3.82. The van der Waals surface area contributed by atoms with E-state index in [1.165, 1.54) is 19.1 Å². The lowest BCUT2D eigenvalue weighted by atomic mass is 10.00. The molecule has 26 heavy (non-hydrogen) atoms. The van der Waals surface area contributed by atoms with E-state index in [2.05, 4.69) is 5.32 Å². The molecule has 3 N–H and O–H groups in total. The molecule has 0 fully saturated rings. The van der Waals surface area contributed by atoms with Crippen LogP contribution < -0.4 is 5.32 Å². The number of aliphatic hydroxyl groups excluding tert-OH is 1. The van der Waals surface area contributed by atoms with Crippen molar-refractivity contribution in [1.29, 1.82) is 0 Å². The Morgan fingerprint density at radius 2 is 1.85 bits per heavy atom. The van der Waals surface area contributed by atoms with Crippen molar-refractivity contribution < 1.29 is 28.9 Å². The number of hydrogen-bond donors (Lipinski definition) is 3. The molecule has 138 valence electrons. The average Bonchev–Trinajstić information content (AvgIpc) is 2.61. The van der Waals surface area contributed by atoms with Crippen molar-refractivity contribution in [3.63, 3.8) is 0 Å². The van der Waals surface area contributed by atoms with Crippen LogP contribution in [-0.2, 0) is 17.8 Å². The molecule has 6 nitrogen and oxygen atoms in total. The minimum Gasteiger partial charge on any atom is -0.478 e. The van der Waals surface area contributed by atoms with Crippen molar-refractivity contribution in [3.8, 4) is 0 Å². The molecule has 0 radical (unpaired) electrons. The summed E-state index contributed by atoms with van der Waals surface area (Å²) in [6.45, 7) is 1.57. The van der Waals surface area contributed by atoms with Crippen molar-refractivity contribution in [1.82, 2.24) is 5.32 Å². The fourth-order valence-corrected chi connectivity index (χ4v) is 2.38. The molecule has 2 aromatic carbocycles. The van der Waals surface area contributed by atoms with Gasteiger partial charge >= 0.3 is 12.1 Å². The molecule has 0 aromatic heterocycles. The van der Waals surface area contributed by atoms with E-state index in [0.717, 1.165) is 11.6 Å². The number of carbonyl (C=O) groups excluding carboxylic acids is 1. The molecule has 7 heteroatoms. The van der Waals surface area contributed by atoms with Crippen LogP contribution in [0.25, 0.3) is 0 Å². The smallest absolute Gasteiger partial charge is 0.407 e. The lowest BCUT2D eigenvalue weighted by molar-refractivity contribution is 0.0691. The van der Waals surface area contributed by atoms with Crippen molar-refractivity contribution in [2.45, 2.75) is 32.1 Å². The maximum Gasteiger partial charge on any atom is 0.407 e. The van der Waals surface area contributed by atoms with E-state index >= 15 is 0 Å². The molecule has 0 aliphatic rings. The Balaban J connectivity index is 1.99. The van der Waals surface area contributed by atoms with Gasteiger partial charge < -0.3 is 20.3 Å². The summed E-state index contributed by atoms with van der Waals surface area (Å²) in [4.78, 5) is 23.0. The summed E-state index contributed by atoms with van der Waals surface area (Å²) in [5.41, 5.74) is 0.831. The zero-order chi connectivity index (χ0) is 19.1. The first-order chi connectivity index (χ1) is 12.4. The van der Waals surface area contributed by atoms with Gasteiger partial charge in [-0.3, -0.25) is 0 Å². The molecule has 2 unspecified atom stereocenters. The van der Waals surface area contributed by atoms with E-state index in [1.807, 2.05) is 30.3 Å². The zero-order valence-corrected chi connectivity index (χ0v) is 14.2. The van der Waals surface area contributed by atoms with Crippen molar-refractivity contribution in [2.75, 3.05) is 0 Å². The second-order valence-electron chi connectivity index (χ2n) is 5.88. The van der Waals surface area contributed by atoms with E-state index in [1.54, 1.807) is 0 Å². The maximum atomic E-state index is 13.5. The summed E-state index contributed by atoms with van der Waals surface area (Å²) in [7, 11) is 0. The number of carboxylic acids is 1. The first-order valence-corrected chi connectivity index (χ1v) is 8.04. The minimum atomic E-state index is -1.38. The molecule has 1 amide bonds. The molecule has 2 atom stereocenters. The van der Waals surface area contributed by atoms with E-state index < -0.39 is 35.6 Å². The Bertz CT molecular complexity index is 764. The normalized spacial score (nSPS) is 12.9. The van der Waals surface area contributed by atoms with Gasteiger partial charge in [0, 0.05) is 0 Å². The predicted octanol–water partition coefficient (Wildman–Crippen LogP) is 2.74. The van der Waals surface area contributed by atoms with Gasteiger partial charge in [0.15, 0.2) is 0 Å². The fourth-order valence-electron chi connectivity index (χ4n) is 2.38. The quantitative estimate of drug-likeness (QED) is 0.705. The lowest BCUT2D eigenvalue weighted by Crippen LogP contribution is -2.43. The standard InChI is InChI=1S/C19H20FNO5/c1-12(22)17(10-14-7-8-16(20)15(9-14)18(23)24)21-19(25)26-11-13-5-3-2-4-6-13/h2-9,12,17,22H,10-11H2,1H3,(H,21,25)(H,23,24). The molecule has 0 heterocycles. The molecule has 2 rings (SSSR count). The predicted molar refractivity (Wildman–Crippen MR) is 92.3 cm³/mol. The van der Waals surface area contributed by atoms with Crippen LogP contribution in [0, 0.1) is 5.82 Å². The molecule has 0 saturated carbocycles. The number of aliphatic hydroxyl groups is 1. The topological polar surface area (TPSA) is 95.9 Å². The highest BCUT2D eigenvalue weighted by molar-refractivity contribution is 5.88.